The molecule has 0 unspecified atom stereocenters. The van der Waals surface area contributed by atoms with E-state index in [1.54, 1.807) is 18.2 Å². The number of oxazole rings is 1. The first-order chi connectivity index (χ1) is 13.1. The number of hydrogen-bond donors (Lipinski definition) is 4. The summed E-state index contributed by atoms with van der Waals surface area (Å²) in [6.45, 7) is 0. The van der Waals surface area contributed by atoms with Crippen LogP contribution in [-0.4, -0.2) is 26.0 Å². The van der Waals surface area contributed by atoms with E-state index in [2.05, 4.69) is 25.6 Å². The molecule has 2 heterocycles. The number of carboxylic acids is 1. The maximum atomic E-state index is 11.5. The first-order valence-corrected chi connectivity index (χ1v) is 7.91. The quantitative estimate of drug-likeness (QED) is 0.425. The normalized spacial score (nSPS) is 10.7. The van der Waals surface area contributed by atoms with Crippen molar-refractivity contribution in [1.82, 2.24) is 15.0 Å². The summed E-state index contributed by atoms with van der Waals surface area (Å²) in [5, 5.41) is 15.4. The molecule has 2 aromatic heterocycles. The summed E-state index contributed by atoms with van der Waals surface area (Å²) >= 11 is 0. The topological polar surface area (TPSA) is 133 Å². The van der Waals surface area contributed by atoms with Gasteiger partial charge in [0.25, 0.3) is 0 Å². The Bertz CT molecular complexity index is 1180. The lowest BCUT2D eigenvalue weighted by atomic mass is 10.2. The molecule has 0 aliphatic heterocycles. The van der Waals surface area contributed by atoms with Gasteiger partial charge in [0.2, 0.25) is 5.95 Å². The summed E-state index contributed by atoms with van der Waals surface area (Å²) < 4.78 is 4.95. The number of aromatic amines is 1. The summed E-state index contributed by atoms with van der Waals surface area (Å²) in [6, 6.07) is 14.1. The zero-order valence-corrected chi connectivity index (χ0v) is 13.8. The van der Waals surface area contributed by atoms with Crippen molar-refractivity contribution in [2.45, 2.75) is 0 Å². The molecule has 4 aromatic rings. The van der Waals surface area contributed by atoms with E-state index in [1.165, 1.54) is 6.20 Å². The van der Waals surface area contributed by atoms with Gasteiger partial charge in [0, 0.05) is 17.6 Å². The molecule has 0 radical (unpaired) electrons. The Balaban J connectivity index is 1.68. The number of hydrogen-bond acceptors (Lipinski definition) is 7. The van der Waals surface area contributed by atoms with Crippen molar-refractivity contribution in [3.8, 4) is 0 Å². The van der Waals surface area contributed by atoms with Gasteiger partial charge in [0.05, 0.1) is 5.52 Å². The third kappa shape index (κ3) is 3.47. The zero-order valence-electron chi connectivity index (χ0n) is 13.8. The first kappa shape index (κ1) is 16.3. The minimum atomic E-state index is -1.17. The molecule has 0 aliphatic rings. The molecular weight excluding hydrogens is 350 g/mol. The van der Waals surface area contributed by atoms with Crippen molar-refractivity contribution in [2.24, 2.45) is 0 Å². The van der Waals surface area contributed by atoms with Gasteiger partial charge in [0.15, 0.2) is 11.4 Å². The standard InChI is InChI=1S/C18H13N5O4/c24-16(25)12-9-19-17(21-10-4-2-1-3-5-10)23-15(12)20-11-6-7-14-13(8-11)22-18(26)27-14/h1-9H,(H,22,26)(H,24,25)(H2,19,20,21,23). The Morgan fingerprint density at radius 2 is 1.89 bits per heavy atom. The zero-order chi connectivity index (χ0) is 18.8. The number of para-hydroxylation sites is 1. The Morgan fingerprint density at radius 3 is 2.67 bits per heavy atom. The van der Waals surface area contributed by atoms with E-state index < -0.39 is 11.7 Å². The number of nitrogens with zero attached hydrogens (tertiary/aromatic N) is 2. The van der Waals surface area contributed by atoms with Crippen LogP contribution in [0.1, 0.15) is 10.4 Å². The van der Waals surface area contributed by atoms with Crippen molar-refractivity contribution >= 4 is 40.2 Å². The van der Waals surface area contributed by atoms with Gasteiger partial charge < -0.3 is 20.2 Å². The lowest BCUT2D eigenvalue weighted by molar-refractivity contribution is 0.0697. The van der Waals surface area contributed by atoms with E-state index in [0.29, 0.717) is 16.8 Å². The van der Waals surface area contributed by atoms with Gasteiger partial charge in [-0.15, -0.1) is 0 Å². The third-order valence-corrected chi connectivity index (χ3v) is 3.73. The van der Waals surface area contributed by atoms with Crippen LogP contribution in [0.2, 0.25) is 0 Å². The molecule has 0 spiro atoms. The molecular formula is C18H13N5O4. The predicted molar refractivity (Wildman–Crippen MR) is 98.8 cm³/mol. The molecule has 0 amide bonds. The lowest BCUT2D eigenvalue weighted by Gasteiger charge is -2.11. The number of anilines is 4. The van der Waals surface area contributed by atoms with Crippen molar-refractivity contribution in [3.05, 3.63) is 70.8 Å². The molecule has 27 heavy (non-hydrogen) atoms. The highest BCUT2D eigenvalue weighted by Crippen LogP contribution is 2.23. The monoisotopic (exact) mass is 363 g/mol. The Hall–Kier alpha value is -4.14. The van der Waals surface area contributed by atoms with Gasteiger partial charge in [-0.1, -0.05) is 18.2 Å². The molecule has 0 saturated heterocycles. The average molecular weight is 363 g/mol. The molecule has 0 atom stereocenters. The first-order valence-electron chi connectivity index (χ1n) is 7.91. The van der Waals surface area contributed by atoms with Crippen LogP contribution in [0, 0.1) is 0 Å². The average Bonchev–Trinajstić information content (AvgIpc) is 3.02. The van der Waals surface area contributed by atoms with Gasteiger partial charge >= 0.3 is 11.7 Å². The molecule has 134 valence electrons. The van der Waals surface area contributed by atoms with Gasteiger partial charge in [-0.05, 0) is 30.3 Å². The fraction of sp³-hybridized carbons (Fsp3) is 0. The maximum Gasteiger partial charge on any atom is 0.417 e. The van der Waals surface area contributed by atoms with Crippen LogP contribution in [0.3, 0.4) is 0 Å². The fourth-order valence-corrected chi connectivity index (χ4v) is 2.51. The van der Waals surface area contributed by atoms with Crippen molar-refractivity contribution in [3.63, 3.8) is 0 Å². The Morgan fingerprint density at radius 1 is 1.07 bits per heavy atom. The summed E-state index contributed by atoms with van der Waals surface area (Å²) in [4.78, 5) is 33.6. The molecule has 0 aliphatic carbocycles. The number of aromatic carboxylic acids is 1. The summed E-state index contributed by atoms with van der Waals surface area (Å²) in [5.74, 6) is -1.38. The number of fused-ring (bicyclic) bond motifs is 1. The molecule has 0 bridgehead atoms. The van der Waals surface area contributed by atoms with Crippen LogP contribution in [-0.2, 0) is 0 Å². The second-order valence-corrected chi connectivity index (χ2v) is 5.60. The van der Waals surface area contributed by atoms with Crippen molar-refractivity contribution in [1.29, 1.82) is 0 Å². The smallest absolute Gasteiger partial charge is 0.417 e. The van der Waals surface area contributed by atoms with Gasteiger partial charge in [-0.25, -0.2) is 14.6 Å². The highest BCUT2D eigenvalue weighted by molar-refractivity contribution is 5.94. The highest BCUT2D eigenvalue weighted by atomic mass is 16.4. The number of carboxylic acid groups (broad SMARTS) is 1. The number of aromatic nitrogens is 3. The third-order valence-electron chi connectivity index (χ3n) is 3.73. The molecule has 2 aromatic carbocycles. The minimum Gasteiger partial charge on any atom is -0.477 e. The van der Waals surface area contributed by atoms with E-state index in [9.17, 15) is 14.7 Å². The Labute approximate surface area is 151 Å². The molecule has 4 N–H and O–H groups in total. The van der Waals surface area contributed by atoms with Crippen LogP contribution >= 0.6 is 0 Å². The molecule has 0 fully saturated rings. The number of H-pyrrole nitrogens is 1. The van der Waals surface area contributed by atoms with Crippen molar-refractivity contribution in [2.75, 3.05) is 10.6 Å². The van der Waals surface area contributed by atoms with Crippen LogP contribution in [0.5, 0.6) is 0 Å². The Kier molecular flexibility index (Phi) is 4.01. The van der Waals surface area contributed by atoms with E-state index in [4.69, 9.17) is 4.42 Å². The summed E-state index contributed by atoms with van der Waals surface area (Å²) in [5.41, 5.74) is 2.10. The number of carbonyl (C=O) groups is 1. The number of benzene rings is 2. The second-order valence-electron chi connectivity index (χ2n) is 5.60. The van der Waals surface area contributed by atoms with Crippen LogP contribution in [0.4, 0.5) is 23.1 Å². The van der Waals surface area contributed by atoms with Crippen LogP contribution in [0.25, 0.3) is 11.1 Å². The predicted octanol–water partition coefficient (Wildman–Crippen LogP) is 3.10. The van der Waals surface area contributed by atoms with Gasteiger partial charge in [-0.3, -0.25) is 4.98 Å². The summed E-state index contributed by atoms with van der Waals surface area (Å²) in [7, 11) is 0. The molecule has 9 heteroatoms. The van der Waals surface area contributed by atoms with Crippen LogP contribution in [0.15, 0.2) is 63.9 Å². The molecule has 9 nitrogen and oxygen atoms in total. The largest absolute Gasteiger partial charge is 0.477 e. The van der Waals surface area contributed by atoms with Gasteiger partial charge in [0.1, 0.15) is 5.56 Å². The maximum absolute atomic E-state index is 11.5. The molecule has 0 saturated carbocycles. The van der Waals surface area contributed by atoms with Gasteiger partial charge in [-0.2, -0.15) is 4.98 Å². The van der Waals surface area contributed by atoms with E-state index in [1.807, 2.05) is 30.3 Å². The highest BCUT2D eigenvalue weighted by Gasteiger charge is 2.15. The van der Waals surface area contributed by atoms with Crippen LogP contribution < -0.4 is 16.4 Å². The summed E-state index contributed by atoms with van der Waals surface area (Å²) in [6.07, 6.45) is 1.22. The van der Waals surface area contributed by atoms with E-state index in [0.717, 1.165) is 5.69 Å². The fourth-order valence-electron chi connectivity index (χ4n) is 2.51. The van der Waals surface area contributed by atoms with Crippen molar-refractivity contribution < 1.29 is 14.3 Å². The lowest BCUT2D eigenvalue weighted by Crippen LogP contribution is -2.08. The SMILES string of the molecule is O=C(O)c1cnc(Nc2ccccc2)nc1Nc1ccc2oc(=O)[nH]c2c1. The van der Waals surface area contributed by atoms with E-state index in [-0.39, 0.29) is 17.3 Å². The number of nitrogens with one attached hydrogen (secondary N) is 3. The number of rotatable bonds is 5. The minimum absolute atomic E-state index is 0.0885. The second kappa shape index (κ2) is 6.64. The molecule has 4 rings (SSSR count). The van der Waals surface area contributed by atoms with E-state index >= 15 is 0 Å².